The van der Waals surface area contributed by atoms with Gasteiger partial charge in [-0.15, -0.1) is 20.4 Å². The molecule has 0 aromatic heterocycles. The van der Waals surface area contributed by atoms with E-state index in [4.69, 9.17) is 0 Å². The van der Waals surface area contributed by atoms with E-state index in [2.05, 4.69) is 50.8 Å². The van der Waals surface area contributed by atoms with Crippen LogP contribution in [0.3, 0.4) is 0 Å². The van der Waals surface area contributed by atoms with Crippen LogP contribution in [0.4, 0.5) is 0 Å². The molecule has 4 rings (SSSR count). The third kappa shape index (κ3) is 2.58. The van der Waals surface area contributed by atoms with Gasteiger partial charge in [0.05, 0.1) is 12.4 Å². The van der Waals surface area contributed by atoms with Crippen molar-refractivity contribution in [1.29, 1.82) is 0 Å². The Morgan fingerprint density at radius 1 is 0.600 bits per heavy atom. The first-order valence-corrected chi connectivity index (χ1v) is 5.43. The molecular formula is C10H6N10. The zero-order valence-electron chi connectivity index (χ0n) is 9.94. The lowest BCUT2D eigenvalue weighted by Gasteiger charge is -1.77. The molecule has 0 N–H and O–H groups in total. The van der Waals surface area contributed by atoms with Crippen molar-refractivity contribution in [2.24, 2.45) is 0 Å². The van der Waals surface area contributed by atoms with Gasteiger partial charge in [0.25, 0.3) is 0 Å². The molecule has 0 unspecified atom stereocenters. The smallest absolute Gasteiger partial charge is 0.203 e. The van der Waals surface area contributed by atoms with E-state index in [1.165, 1.54) is 25.0 Å². The minimum atomic E-state index is 0.525. The molecular weight excluding hydrogens is 260 g/mol. The fourth-order valence-electron chi connectivity index (χ4n) is 1.33. The predicted molar refractivity (Wildman–Crippen MR) is 64.1 cm³/mol. The van der Waals surface area contributed by atoms with Crippen LogP contribution in [-0.4, -0.2) is 50.8 Å². The molecule has 96 valence electrons. The van der Waals surface area contributed by atoms with Gasteiger partial charge in [0.2, 0.25) is 11.6 Å². The minimum Gasteiger partial charge on any atom is -0.233 e. The van der Waals surface area contributed by atoms with Crippen molar-refractivity contribution in [2.75, 3.05) is 0 Å². The van der Waals surface area contributed by atoms with Gasteiger partial charge in [-0.1, -0.05) is 0 Å². The first-order valence-electron chi connectivity index (χ1n) is 5.43. The normalized spacial score (nSPS) is 10.0. The van der Waals surface area contributed by atoms with E-state index < -0.39 is 0 Å². The van der Waals surface area contributed by atoms with E-state index >= 15 is 0 Å². The molecule has 0 saturated heterocycles. The van der Waals surface area contributed by atoms with Crippen LogP contribution in [-0.2, 0) is 0 Å². The molecule has 0 fully saturated rings. The van der Waals surface area contributed by atoms with Crippen molar-refractivity contribution in [3.05, 3.63) is 37.2 Å². The molecule has 0 aromatic rings. The Kier molecular flexibility index (Phi) is 3.27. The molecule has 4 aliphatic rings. The van der Waals surface area contributed by atoms with Crippen LogP contribution < -0.4 is 0 Å². The maximum Gasteiger partial charge on any atom is 0.203 e. The van der Waals surface area contributed by atoms with Crippen LogP contribution in [0, 0.1) is 0 Å². The van der Waals surface area contributed by atoms with Gasteiger partial charge in [-0.05, 0) is 22.6 Å². The SMILES string of the molecule is c1cc2ncnc-2nnn1.c1cc2ncnc-2nnn1. The second-order valence-electron chi connectivity index (χ2n) is 3.41. The highest BCUT2D eigenvalue weighted by Crippen LogP contribution is 2.08. The second-order valence-corrected chi connectivity index (χ2v) is 3.41. The second kappa shape index (κ2) is 5.56. The van der Waals surface area contributed by atoms with Crippen LogP contribution in [0.5, 0.6) is 0 Å². The van der Waals surface area contributed by atoms with Gasteiger partial charge in [0.15, 0.2) is 0 Å². The highest BCUT2D eigenvalue weighted by Gasteiger charge is 2.03. The first kappa shape index (κ1) is 11.8. The molecule has 0 radical (unpaired) electrons. The Labute approximate surface area is 112 Å². The van der Waals surface area contributed by atoms with Gasteiger partial charge < -0.3 is 0 Å². The van der Waals surface area contributed by atoms with Gasteiger partial charge in [-0.25, -0.2) is 19.9 Å². The van der Waals surface area contributed by atoms with Crippen molar-refractivity contribution < 1.29 is 0 Å². The van der Waals surface area contributed by atoms with E-state index in [1.807, 2.05) is 0 Å². The van der Waals surface area contributed by atoms with Gasteiger partial charge in [0, 0.05) is 0 Å². The lowest BCUT2D eigenvalue weighted by atomic mass is 10.4. The molecule has 0 aromatic carbocycles. The first-order chi connectivity index (χ1) is 9.93. The molecule has 0 spiro atoms. The zero-order chi connectivity index (χ0) is 13.6. The average Bonchev–Trinajstić information content (AvgIpc) is 2.98. The number of hydrogen-bond donors (Lipinski definition) is 0. The van der Waals surface area contributed by atoms with Crippen LogP contribution in [0.25, 0.3) is 23.0 Å². The number of rotatable bonds is 0. The summed E-state index contributed by atoms with van der Waals surface area (Å²) < 4.78 is 0. The average molecular weight is 266 g/mol. The summed E-state index contributed by atoms with van der Waals surface area (Å²) in [6.45, 7) is 0. The Morgan fingerprint density at radius 2 is 1.10 bits per heavy atom. The Bertz CT molecular complexity index is 626. The van der Waals surface area contributed by atoms with Crippen molar-refractivity contribution >= 4 is 0 Å². The van der Waals surface area contributed by atoms with Crippen molar-refractivity contribution in [2.45, 2.75) is 0 Å². The molecule has 4 aliphatic heterocycles. The minimum absolute atomic E-state index is 0.525. The summed E-state index contributed by atoms with van der Waals surface area (Å²) in [6.07, 6.45) is 5.95. The number of imidazole rings is 2. The van der Waals surface area contributed by atoms with Crippen LogP contribution in [0.2, 0.25) is 0 Å². The Balaban J connectivity index is 0.000000121. The summed E-state index contributed by atoms with van der Waals surface area (Å²) in [7, 11) is 0. The molecule has 10 nitrogen and oxygen atoms in total. The molecule has 20 heavy (non-hydrogen) atoms. The third-order valence-electron chi connectivity index (χ3n) is 2.19. The highest BCUT2D eigenvalue weighted by molar-refractivity contribution is 5.47. The summed E-state index contributed by atoms with van der Waals surface area (Å²) in [5.41, 5.74) is 1.43. The molecule has 10 heteroatoms. The van der Waals surface area contributed by atoms with Crippen LogP contribution in [0.1, 0.15) is 0 Å². The van der Waals surface area contributed by atoms with Crippen molar-refractivity contribution in [3.8, 4) is 23.0 Å². The van der Waals surface area contributed by atoms with E-state index in [0.29, 0.717) is 23.0 Å². The largest absolute Gasteiger partial charge is 0.233 e. The van der Waals surface area contributed by atoms with E-state index in [-0.39, 0.29) is 0 Å². The Morgan fingerprint density at radius 3 is 1.60 bits per heavy atom. The van der Waals surface area contributed by atoms with Gasteiger partial charge in [-0.2, -0.15) is 0 Å². The van der Waals surface area contributed by atoms with Gasteiger partial charge in [-0.3, -0.25) is 0 Å². The predicted octanol–water partition coefficient (Wildman–Crippen LogP) is -0.467. The summed E-state index contributed by atoms with van der Waals surface area (Å²) >= 11 is 0. The summed E-state index contributed by atoms with van der Waals surface area (Å²) in [4.78, 5) is 15.5. The number of fused-ring (bicyclic) bond motifs is 2. The monoisotopic (exact) mass is 266 g/mol. The van der Waals surface area contributed by atoms with Gasteiger partial charge in [0.1, 0.15) is 24.0 Å². The Hall–Kier alpha value is -3.30. The molecule has 0 atom stereocenters. The summed E-state index contributed by atoms with van der Waals surface area (Å²) in [6, 6.07) is 3.42. The highest BCUT2D eigenvalue weighted by atomic mass is 15.3. The van der Waals surface area contributed by atoms with Crippen LogP contribution >= 0.6 is 0 Å². The number of aromatic nitrogens is 10. The zero-order valence-corrected chi connectivity index (χ0v) is 9.94. The van der Waals surface area contributed by atoms with Crippen LogP contribution in [0.15, 0.2) is 37.2 Å². The molecule has 0 amide bonds. The number of hydrogen-bond acceptors (Lipinski definition) is 10. The fraction of sp³-hybridized carbons (Fsp3) is 0. The van der Waals surface area contributed by atoms with Gasteiger partial charge >= 0.3 is 0 Å². The molecule has 4 heterocycles. The van der Waals surface area contributed by atoms with E-state index in [0.717, 1.165) is 0 Å². The molecule has 0 bridgehead atoms. The standard InChI is InChI=1S/2C5H3N5/c2*1-2-8-10-9-5-4(1)6-3-7-5/h2*1-3H. The topological polar surface area (TPSA) is 129 Å². The van der Waals surface area contributed by atoms with E-state index in [1.54, 1.807) is 12.1 Å². The summed E-state index contributed by atoms with van der Waals surface area (Å²) in [5, 5.41) is 21.3. The maximum atomic E-state index is 3.91. The fourth-order valence-corrected chi connectivity index (χ4v) is 1.33. The molecule has 0 saturated carbocycles. The quantitative estimate of drug-likeness (QED) is 0.411. The van der Waals surface area contributed by atoms with Crippen molar-refractivity contribution in [1.82, 2.24) is 50.8 Å². The molecule has 0 aliphatic carbocycles. The third-order valence-corrected chi connectivity index (χ3v) is 2.19. The van der Waals surface area contributed by atoms with Crippen molar-refractivity contribution in [3.63, 3.8) is 0 Å². The maximum absolute atomic E-state index is 3.91. The van der Waals surface area contributed by atoms with E-state index in [9.17, 15) is 0 Å². The lowest BCUT2D eigenvalue weighted by molar-refractivity contribution is 0.886. The summed E-state index contributed by atoms with van der Waals surface area (Å²) in [5.74, 6) is 1.05. The number of nitrogens with zero attached hydrogens (tertiary/aromatic N) is 10. The lowest BCUT2D eigenvalue weighted by Crippen LogP contribution is -1.80.